The summed E-state index contributed by atoms with van der Waals surface area (Å²) >= 11 is 9.30. The van der Waals surface area contributed by atoms with Gasteiger partial charge in [-0.25, -0.2) is 0 Å². The highest BCUT2D eigenvalue weighted by atomic mass is 79.9. The summed E-state index contributed by atoms with van der Waals surface area (Å²) in [6.07, 6.45) is 0. The van der Waals surface area contributed by atoms with Crippen LogP contribution < -0.4 is 10.1 Å². The Kier molecular flexibility index (Phi) is 5.96. The van der Waals surface area contributed by atoms with E-state index in [1.807, 2.05) is 18.2 Å². The van der Waals surface area contributed by atoms with Crippen molar-refractivity contribution in [2.75, 3.05) is 0 Å². The first-order chi connectivity index (χ1) is 10.0. The minimum Gasteiger partial charge on any atom is -0.435 e. The number of alkyl halides is 2. The third-order valence-corrected chi connectivity index (χ3v) is 4.00. The Morgan fingerprint density at radius 2 is 1.67 bits per heavy atom. The number of hydrogen-bond donors (Lipinski definition) is 1. The van der Waals surface area contributed by atoms with Crippen molar-refractivity contribution in [3.63, 3.8) is 0 Å². The van der Waals surface area contributed by atoms with Gasteiger partial charge in [-0.2, -0.15) is 8.78 Å². The highest BCUT2D eigenvalue weighted by Gasteiger charge is 2.04. The first-order valence-corrected chi connectivity index (χ1v) is 7.40. The molecular weight excluding hydrogens is 364 g/mol. The zero-order chi connectivity index (χ0) is 15.2. The minimum atomic E-state index is -2.79. The fraction of sp³-hybridized carbons (Fsp3) is 0.200. The van der Waals surface area contributed by atoms with Crippen LogP contribution in [0.25, 0.3) is 0 Å². The van der Waals surface area contributed by atoms with Crippen molar-refractivity contribution in [2.24, 2.45) is 0 Å². The van der Waals surface area contributed by atoms with Crippen LogP contribution in [0.4, 0.5) is 8.78 Å². The second-order valence-electron chi connectivity index (χ2n) is 4.37. The molecule has 0 bridgehead atoms. The zero-order valence-corrected chi connectivity index (χ0v) is 13.3. The van der Waals surface area contributed by atoms with Gasteiger partial charge in [-0.15, -0.1) is 0 Å². The summed E-state index contributed by atoms with van der Waals surface area (Å²) in [4.78, 5) is 0. The first kappa shape index (κ1) is 16.2. The molecule has 0 amide bonds. The highest BCUT2D eigenvalue weighted by molar-refractivity contribution is 9.10. The van der Waals surface area contributed by atoms with Gasteiger partial charge in [0, 0.05) is 17.6 Å². The normalized spacial score (nSPS) is 10.9. The Balaban J connectivity index is 1.84. The summed E-state index contributed by atoms with van der Waals surface area (Å²) in [5.41, 5.74) is 2.09. The smallest absolute Gasteiger partial charge is 0.387 e. The molecule has 0 unspecified atom stereocenters. The maximum absolute atomic E-state index is 12.0. The van der Waals surface area contributed by atoms with Crippen LogP contribution >= 0.6 is 27.5 Å². The molecule has 0 atom stereocenters. The molecular formula is C15H13BrClF2NO. The van der Waals surface area contributed by atoms with Crippen LogP contribution in [-0.4, -0.2) is 6.61 Å². The molecule has 0 aliphatic heterocycles. The molecule has 0 aliphatic carbocycles. The summed E-state index contributed by atoms with van der Waals surface area (Å²) < 4.78 is 29.2. The molecule has 1 N–H and O–H groups in total. The fourth-order valence-corrected chi connectivity index (χ4v) is 2.33. The standard InChI is InChI=1S/C15H13BrClF2NO/c16-13-7-11(3-6-14(13)17)9-20-8-10-1-4-12(5-2-10)21-15(18)19/h1-7,15,20H,8-9H2. The molecule has 0 spiro atoms. The van der Waals surface area contributed by atoms with E-state index in [4.69, 9.17) is 11.6 Å². The second-order valence-corrected chi connectivity index (χ2v) is 5.64. The maximum Gasteiger partial charge on any atom is 0.387 e. The summed E-state index contributed by atoms with van der Waals surface area (Å²) in [6, 6.07) is 12.3. The van der Waals surface area contributed by atoms with Crippen LogP contribution in [0.5, 0.6) is 5.75 Å². The number of rotatable bonds is 6. The molecule has 0 aliphatic rings. The van der Waals surface area contributed by atoms with Gasteiger partial charge in [0.05, 0.1) is 5.02 Å². The van der Waals surface area contributed by atoms with Crippen molar-refractivity contribution in [1.29, 1.82) is 0 Å². The molecule has 0 radical (unpaired) electrons. The van der Waals surface area contributed by atoms with Crippen molar-refractivity contribution >= 4 is 27.5 Å². The van der Waals surface area contributed by atoms with Crippen molar-refractivity contribution in [2.45, 2.75) is 19.7 Å². The van der Waals surface area contributed by atoms with Gasteiger partial charge in [-0.3, -0.25) is 0 Å². The van der Waals surface area contributed by atoms with Crippen LogP contribution in [-0.2, 0) is 13.1 Å². The van der Waals surface area contributed by atoms with Crippen LogP contribution in [0.1, 0.15) is 11.1 Å². The van der Waals surface area contributed by atoms with Crippen molar-refractivity contribution in [1.82, 2.24) is 5.32 Å². The average Bonchev–Trinajstić information content (AvgIpc) is 2.44. The monoisotopic (exact) mass is 375 g/mol. The summed E-state index contributed by atoms with van der Waals surface area (Å²) in [5.74, 6) is 0.162. The molecule has 2 aromatic rings. The van der Waals surface area contributed by atoms with Gasteiger partial charge in [0.2, 0.25) is 0 Å². The van der Waals surface area contributed by atoms with E-state index in [2.05, 4.69) is 26.0 Å². The van der Waals surface area contributed by atoms with E-state index < -0.39 is 6.61 Å². The van der Waals surface area contributed by atoms with Gasteiger partial charge in [-0.05, 0) is 51.3 Å². The maximum atomic E-state index is 12.0. The lowest BCUT2D eigenvalue weighted by Gasteiger charge is -2.08. The molecule has 2 nitrogen and oxygen atoms in total. The number of hydrogen-bond acceptors (Lipinski definition) is 2. The van der Waals surface area contributed by atoms with E-state index >= 15 is 0 Å². The first-order valence-electron chi connectivity index (χ1n) is 6.23. The fourth-order valence-electron chi connectivity index (χ4n) is 1.79. The SMILES string of the molecule is FC(F)Oc1ccc(CNCc2ccc(Cl)c(Br)c2)cc1. The molecule has 0 heterocycles. The molecule has 6 heteroatoms. The van der Waals surface area contributed by atoms with E-state index in [-0.39, 0.29) is 5.75 Å². The van der Waals surface area contributed by atoms with Gasteiger partial charge in [-0.1, -0.05) is 29.8 Å². The summed E-state index contributed by atoms with van der Waals surface area (Å²) in [7, 11) is 0. The lowest BCUT2D eigenvalue weighted by Crippen LogP contribution is -2.12. The Hall–Kier alpha value is -1.17. The molecule has 112 valence electrons. The molecule has 0 saturated heterocycles. The topological polar surface area (TPSA) is 21.3 Å². The van der Waals surface area contributed by atoms with E-state index in [0.717, 1.165) is 15.6 Å². The van der Waals surface area contributed by atoms with Gasteiger partial charge in [0.1, 0.15) is 5.75 Å². The van der Waals surface area contributed by atoms with Gasteiger partial charge in [0.25, 0.3) is 0 Å². The summed E-state index contributed by atoms with van der Waals surface area (Å²) in [5, 5.41) is 3.95. The Morgan fingerprint density at radius 1 is 1.05 bits per heavy atom. The summed E-state index contributed by atoms with van der Waals surface area (Å²) in [6.45, 7) is -1.47. The predicted molar refractivity (Wildman–Crippen MR) is 82.8 cm³/mol. The van der Waals surface area contributed by atoms with Crippen LogP contribution in [0, 0.1) is 0 Å². The molecule has 0 saturated carbocycles. The van der Waals surface area contributed by atoms with Crippen molar-refractivity contribution < 1.29 is 13.5 Å². The predicted octanol–water partition coefficient (Wildman–Crippen LogP) is 4.99. The molecule has 0 aromatic heterocycles. The third kappa shape index (κ3) is 5.26. The van der Waals surface area contributed by atoms with Gasteiger partial charge < -0.3 is 10.1 Å². The van der Waals surface area contributed by atoms with Crippen molar-refractivity contribution in [3.8, 4) is 5.75 Å². The number of nitrogens with one attached hydrogen (secondary N) is 1. The molecule has 2 aromatic carbocycles. The van der Waals surface area contributed by atoms with Crippen LogP contribution in [0.3, 0.4) is 0 Å². The number of benzene rings is 2. The molecule has 0 fully saturated rings. The van der Waals surface area contributed by atoms with E-state index in [9.17, 15) is 8.78 Å². The zero-order valence-electron chi connectivity index (χ0n) is 11.0. The van der Waals surface area contributed by atoms with E-state index in [1.165, 1.54) is 12.1 Å². The average molecular weight is 377 g/mol. The lowest BCUT2D eigenvalue weighted by molar-refractivity contribution is -0.0498. The Labute approximate surface area is 135 Å². The van der Waals surface area contributed by atoms with Crippen LogP contribution in [0.2, 0.25) is 5.02 Å². The minimum absolute atomic E-state index is 0.162. The van der Waals surface area contributed by atoms with Gasteiger partial charge >= 0.3 is 6.61 Å². The quantitative estimate of drug-likeness (QED) is 0.766. The van der Waals surface area contributed by atoms with E-state index in [0.29, 0.717) is 18.1 Å². The second kappa shape index (κ2) is 7.73. The Morgan fingerprint density at radius 3 is 2.29 bits per heavy atom. The molecule has 21 heavy (non-hydrogen) atoms. The van der Waals surface area contributed by atoms with Gasteiger partial charge in [0.15, 0.2) is 0 Å². The third-order valence-electron chi connectivity index (χ3n) is 2.79. The van der Waals surface area contributed by atoms with E-state index in [1.54, 1.807) is 12.1 Å². The number of ether oxygens (including phenoxy) is 1. The lowest BCUT2D eigenvalue weighted by atomic mass is 10.2. The number of halogens is 4. The van der Waals surface area contributed by atoms with Crippen molar-refractivity contribution in [3.05, 3.63) is 63.1 Å². The Bertz CT molecular complexity index is 593. The highest BCUT2D eigenvalue weighted by Crippen LogP contribution is 2.23. The van der Waals surface area contributed by atoms with Crippen LogP contribution in [0.15, 0.2) is 46.9 Å². The molecule has 2 rings (SSSR count). The largest absolute Gasteiger partial charge is 0.435 e.